The highest BCUT2D eigenvalue weighted by atomic mass is 16.5. The van der Waals surface area contributed by atoms with Gasteiger partial charge in [0.1, 0.15) is 0 Å². The molecular formula is C12H24N2O4. The van der Waals surface area contributed by atoms with Crippen molar-refractivity contribution in [3.8, 4) is 0 Å². The Morgan fingerprint density at radius 2 is 1.61 bits per heavy atom. The number of rotatable bonds is 10. The third kappa shape index (κ3) is 12.6. The molecule has 0 rings (SSSR count). The molecule has 0 radical (unpaired) electrons. The molecule has 0 heterocycles. The maximum atomic E-state index is 11.1. The summed E-state index contributed by atoms with van der Waals surface area (Å²) in [4.78, 5) is 21.3. The van der Waals surface area contributed by atoms with Crippen LogP contribution in [0.25, 0.3) is 0 Å². The van der Waals surface area contributed by atoms with Crippen molar-refractivity contribution in [3.63, 3.8) is 0 Å². The van der Waals surface area contributed by atoms with Crippen LogP contribution in [0, 0.1) is 0 Å². The molecule has 0 aromatic carbocycles. The quantitative estimate of drug-likeness (QED) is 0.526. The first kappa shape index (κ1) is 16.5. The predicted octanol–water partition coefficient (Wildman–Crippen LogP) is 2.34. The summed E-state index contributed by atoms with van der Waals surface area (Å²) in [7, 11) is 0. The summed E-state index contributed by atoms with van der Waals surface area (Å²) in [6, 6.07) is 0. The first-order valence-corrected chi connectivity index (χ1v) is 6.54. The number of hydrogen-bond donors (Lipinski definition) is 3. The van der Waals surface area contributed by atoms with Crippen LogP contribution < -0.4 is 10.6 Å². The second kappa shape index (κ2) is 12.0. The summed E-state index contributed by atoms with van der Waals surface area (Å²) in [5.41, 5.74) is 0. The first-order chi connectivity index (χ1) is 8.66. The molecule has 0 aromatic rings. The molecule has 2 amide bonds. The van der Waals surface area contributed by atoms with Crippen LogP contribution in [0.3, 0.4) is 0 Å². The molecule has 0 atom stereocenters. The van der Waals surface area contributed by atoms with Crippen molar-refractivity contribution >= 4 is 12.2 Å². The smallest absolute Gasteiger partial charge is 0.407 e. The lowest BCUT2D eigenvalue weighted by Gasteiger charge is -2.06. The van der Waals surface area contributed by atoms with E-state index in [1.807, 2.05) is 6.92 Å². The number of unbranched alkanes of at least 4 members (excludes halogenated alkanes) is 4. The standard InChI is InChI=1S/C12H24N2O4/c1-2-3-10-18-12(17)14-9-7-5-4-6-8-13-11(15)16/h13H,2-10H2,1H3,(H,14,17)(H,15,16). The number of carbonyl (C=O) groups excluding carboxylic acids is 1. The number of hydrogen-bond acceptors (Lipinski definition) is 3. The average Bonchev–Trinajstić information content (AvgIpc) is 2.32. The van der Waals surface area contributed by atoms with Crippen molar-refractivity contribution in [2.24, 2.45) is 0 Å². The first-order valence-electron chi connectivity index (χ1n) is 6.54. The van der Waals surface area contributed by atoms with Crippen LogP contribution in [0.5, 0.6) is 0 Å². The fraction of sp³-hybridized carbons (Fsp3) is 0.833. The van der Waals surface area contributed by atoms with Gasteiger partial charge < -0.3 is 20.5 Å². The van der Waals surface area contributed by atoms with E-state index in [1.165, 1.54) is 0 Å². The monoisotopic (exact) mass is 260 g/mol. The molecule has 6 nitrogen and oxygen atoms in total. The van der Waals surface area contributed by atoms with Gasteiger partial charge in [-0.15, -0.1) is 0 Å². The fourth-order valence-electron chi connectivity index (χ4n) is 1.35. The van der Waals surface area contributed by atoms with Gasteiger partial charge in [-0.2, -0.15) is 0 Å². The van der Waals surface area contributed by atoms with Crippen molar-refractivity contribution in [2.75, 3.05) is 19.7 Å². The topological polar surface area (TPSA) is 87.7 Å². The maximum Gasteiger partial charge on any atom is 0.407 e. The molecule has 3 N–H and O–H groups in total. The summed E-state index contributed by atoms with van der Waals surface area (Å²) in [6.45, 7) is 3.61. The molecule has 106 valence electrons. The lowest BCUT2D eigenvalue weighted by atomic mass is 10.2. The molecule has 0 aliphatic carbocycles. The molecule has 0 spiro atoms. The van der Waals surface area contributed by atoms with E-state index in [0.29, 0.717) is 19.7 Å². The molecule has 0 bridgehead atoms. The van der Waals surface area contributed by atoms with Gasteiger partial charge in [-0.05, 0) is 19.3 Å². The Bertz CT molecular complexity index is 234. The Morgan fingerprint density at radius 1 is 1.00 bits per heavy atom. The summed E-state index contributed by atoms with van der Waals surface area (Å²) in [5, 5.41) is 13.3. The normalized spacial score (nSPS) is 9.83. The predicted molar refractivity (Wildman–Crippen MR) is 68.8 cm³/mol. The molecule has 0 aliphatic rings. The van der Waals surface area contributed by atoms with E-state index in [0.717, 1.165) is 38.5 Å². The minimum atomic E-state index is -0.980. The highest BCUT2D eigenvalue weighted by molar-refractivity contribution is 5.66. The molecule has 0 fully saturated rings. The highest BCUT2D eigenvalue weighted by Gasteiger charge is 1.99. The number of alkyl carbamates (subject to hydrolysis) is 1. The zero-order valence-corrected chi connectivity index (χ0v) is 11.0. The lowest BCUT2D eigenvalue weighted by molar-refractivity contribution is 0.144. The Hall–Kier alpha value is -1.46. The molecule has 0 saturated heterocycles. The van der Waals surface area contributed by atoms with E-state index in [-0.39, 0.29) is 6.09 Å². The molecule has 0 aromatic heterocycles. The van der Waals surface area contributed by atoms with Gasteiger partial charge in [0.2, 0.25) is 0 Å². The van der Waals surface area contributed by atoms with Crippen LogP contribution in [0.1, 0.15) is 45.4 Å². The molecule has 18 heavy (non-hydrogen) atoms. The molecule has 6 heteroatoms. The van der Waals surface area contributed by atoms with Crippen LogP contribution in [0.15, 0.2) is 0 Å². The summed E-state index contributed by atoms with van der Waals surface area (Å²) in [5.74, 6) is 0. The number of carbonyl (C=O) groups is 2. The van der Waals surface area contributed by atoms with Gasteiger partial charge in [-0.25, -0.2) is 9.59 Å². The van der Waals surface area contributed by atoms with E-state index < -0.39 is 6.09 Å². The summed E-state index contributed by atoms with van der Waals surface area (Å²) < 4.78 is 4.93. The fourth-order valence-corrected chi connectivity index (χ4v) is 1.35. The van der Waals surface area contributed by atoms with Crippen molar-refractivity contribution in [1.82, 2.24) is 10.6 Å². The number of carboxylic acid groups (broad SMARTS) is 1. The zero-order valence-electron chi connectivity index (χ0n) is 11.0. The van der Waals surface area contributed by atoms with Crippen LogP contribution in [-0.2, 0) is 4.74 Å². The zero-order chi connectivity index (χ0) is 13.6. The number of nitrogens with one attached hydrogen (secondary N) is 2. The SMILES string of the molecule is CCCCOC(=O)NCCCCCCNC(=O)O. The van der Waals surface area contributed by atoms with Crippen molar-refractivity contribution in [2.45, 2.75) is 45.4 Å². The second-order valence-electron chi connectivity index (χ2n) is 4.06. The Balaban J connectivity index is 3.15. The van der Waals surface area contributed by atoms with E-state index >= 15 is 0 Å². The van der Waals surface area contributed by atoms with Crippen molar-refractivity contribution in [1.29, 1.82) is 0 Å². The van der Waals surface area contributed by atoms with Crippen LogP contribution in [0.4, 0.5) is 9.59 Å². The molecule has 0 saturated carbocycles. The van der Waals surface area contributed by atoms with Gasteiger partial charge in [0.25, 0.3) is 0 Å². The number of ether oxygens (including phenoxy) is 1. The second-order valence-corrected chi connectivity index (χ2v) is 4.06. The van der Waals surface area contributed by atoms with Gasteiger partial charge in [0.05, 0.1) is 6.61 Å². The molecule has 0 unspecified atom stereocenters. The summed E-state index contributed by atoms with van der Waals surface area (Å²) >= 11 is 0. The minimum Gasteiger partial charge on any atom is -0.465 e. The minimum absolute atomic E-state index is 0.351. The van der Waals surface area contributed by atoms with Gasteiger partial charge in [-0.3, -0.25) is 0 Å². The van der Waals surface area contributed by atoms with Crippen LogP contribution >= 0.6 is 0 Å². The largest absolute Gasteiger partial charge is 0.465 e. The molecule has 0 aliphatic heterocycles. The lowest BCUT2D eigenvalue weighted by Crippen LogP contribution is -2.25. The van der Waals surface area contributed by atoms with E-state index in [1.54, 1.807) is 0 Å². The van der Waals surface area contributed by atoms with E-state index in [2.05, 4.69) is 10.6 Å². The third-order valence-electron chi connectivity index (χ3n) is 2.38. The molecular weight excluding hydrogens is 236 g/mol. The van der Waals surface area contributed by atoms with Crippen LogP contribution in [-0.4, -0.2) is 37.0 Å². The Labute approximate surface area is 108 Å². The third-order valence-corrected chi connectivity index (χ3v) is 2.38. The maximum absolute atomic E-state index is 11.1. The van der Waals surface area contributed by atoms with Gasteiger partial charge >= 0.3 is 12.2 Å². The van der Waals surface area contributed by atoms with Crippen LogP contribution in [0.2, 0.25) is 0 Å². The Morgan fingerprint density at radius 3 is 2.17 bits per heavy atom. The number of amides is 2. The average molecular weight is 260 g/mol. The van der Waals surface area contributed by atoms with Crippen molar-refractivity contribution < 1.29 is 19.4 Å². The van der Waals surface area contributed by atoms with E-state index in [9.17, 15) is 9.59 Å². The van der Waals surface area contributed by atoms with Gasteiger partial charge in [0, 0.05) is 13.1 Å². The summed E-state index contributed by atoms with van der Waals surface area (Å²) in [6.07, 6.45) is 4.20. The van der Waals surface area contributed by atoms with Gasteiger partial charge in [-0.1, -0.05) is 26.2 Å². The van der Waals surface area contributed by atoms with E-state index in [4.69, 9.17) is 9.84 Å². The van der Waals surface area contributed by atoms with Gasteiger partial charge in [0.15, 0.2) is 0 Å². The van der Waals surface area contributed by atoms with Crippen molar-refractivity contribution in [3.05, 3.63) is 0 Å². The Kier molecular flexibility index (Phi) is 11.0. The highest BCUT2D eigenvalue weighted by Crippen LogP contribution is 1.98.